The van der Waals surface area contributed by atoms with Crippen molar-refractivity contribution in [2.75, 3.05) is 0 Å². The van der Waals surface area contributed by atoms with Crippen molar-refractivity contribution in [3.8, 4) is 22.4 Å². The SMILES string of the molecule is O=C([O-])c1c2c(nc3ccc(C(F)(F)F)cc13)-c1ccc(-c3ccccc3)cc1CC2.[Na+]. The molecule has 0 spiro atoms. The molecule has 3 nitrogen and oxygen atoms in total. The van der Waals surface area contributed by atoms with Crippen LogP contribution < -0.4 is 34.7 Å². The van der Waals surface area contributed by atoms with E-state index in [1.54, 1.807) is 0 Å². The molecule has 0 radical (unpaired) electrons. The third kappa shape index (κ3) is 3.83. The molecule has 1 aliphatic carbocycles. The van der Waals surface area contributed by atoms with Crippen molar-refractivity contribution in [3.05, 3.63) is 89.0 Å². The maximum absolute atomic E-state index is 13.2. The molecule has 0 atom stereocenters. The summed E-state index contributed by atoms with van der Waals surface area (Å²) in [7, 11) is 0. The Hall–Kier alpha value is -2.67. The van der Waals surface area contributed by atoms with Gasteiger partial charge in [-0.05, 0) is 53.3 Å². The molecule has 0 aliphatic heterocycles. The van der Waals surface area contributed by atoms with Gasteiger partial charge in [0.05, 0.1) is 22.7 Å². The van der Waals surface area contributed by atoms with Gasteiger partial charge in [0.2, 0.25) is 0 Å². The fourth-order valence-corrected chi connectivity index (χ4v) is 4.28. The van der Waals surface area contributed by atoms with Crippen LogP contribution in [0.2, 0.25) is 0 Å². The standard InChI is InChI=1S/C25H16F3NO2.Na/c26-25(27,28)17-8-11-21-20(13-17)22(24(30)31)19-10-7-16-12-15(14-4-2-1-3-5-14)6-9-18(16)23(19)29-21;/h1-6,8-9,11-13H,7,10H2,(H,30,31);/q;+1/p-1. The summed E-state index contributed by atoms with van der Waals surface area (Å²) in [6.07, 6.45) is -3.65. The Morgan fingerprint density at radius 1 is 0.906 bits per heavy atom. The summed E-state index contributed by atoms with van der Waals surface area (Å²) in [5, 5.41) is 11.9. The topological polar surface area (TPSA) is 53.0 Å². The van der Waals surface area contributed by atoms with Gasteiger partial charge >= 0.3 is 35.7 Å². The van der Waals surface area contributed by atoms with E-state index in [2.05, 4.69) is 11.1 Å². The second kappa shape index (κ2) is 8.35. The van der Waals surface area contributed by atoms with Crippen LogP contribution in [0.3, 0.4) is 0 Å². The number of hydrogen-bond acceptors (Lipinski definition) is 3. The van der Waals surface area contributed by atoms with Crippen molar-refractivity contribution in [1.29, 1.82) is 0 Å². The van der Waals surface area contributed by atoms with Gasteiger partial charge in [-0.25, -0.2) is 4.98 Å². The summed E-state index contributed by atoms with van der Waals surface area (Å²) < 4.78 is 39.5. The van der Waals surface area contributed by atoms with E-state index < -0.39 is 17.7 Å². The number of carboxylic acids is 1. The van der Waals surface area contributed by atoms with Gasteiger partial charge < -0.3 is 9.90 Å². The molecular formula is C25H15F3NNaO2. The predicted octanol–water partition coefficient (Wildman–Crippen LogP) is 2.05. The van der Waals surface area contributed by atoms with E-state index in [9.17, 15) is 23.1 Å². The van der Waals surface area contributed by atoms with Crippen molar-refractivity contribution in [2.24, 2.45) is 0 Å². The quantitative estimate of drug-likeness (QED) is 0.448. The van der Waals surface area contributed by atoms with Crippen LogP contribution in [0.4, 0.5) is 13.2 Å². The first-order chi connectivity index (χ1) is 14.8. The van der Waals surface area contributed by atoms with E-state index in [0.29, 0.717) is 24.1 Å². The number of hydrogen-bond donors (Lipinski definition) is 0. The number of carbonyl (C=O) groups is 1. The first-order valence-corrected chi connectivity index (χ1v) is 9.77. The molecule has 0 bridgehead atoms. The van der Waals surface area contributed by atoms with Crippen molar-refractivity contribution in [1.82, 2.24) is 4.98 Å². The normalized spacial score (nSPS) is 12.6. The fourth-order valence-electron chi connectivity index (χ4n) is 4.28. The van der Waals surface area contributed by atoms with Crippen LogP contribution in [0.5, 0.6) is 0 Å². The Kier molecular flexibility index (Phi) is 5.88. The molecule has 0 saturated heterocycles. The molecule has 5 rings (SSSR count). The van der Waals surface area contributed by atoms with Crippen molar-refractivity contribution in [3.63, 3.8) is 0 Å². The number of nitrogens with zero attached hydrogens (tertiary/aromatic N) is 1. The molecule has 1 aromatic heterocycles. The zero-order valence-electron chi connectivity index (χ0n) is 17.2. The molecule has 0 amide bonds. The van der Waals surface area contributed by atoms with E-state index in [1.807, 2.05) is 42.5 Å². The Balaban J connectivity index is 0.00000245. The molecule has 0 fully saturated rings. The third-order valence-corrected chi connectivity index (χ3v) is 5.73. The van der Waals surface area contributed by atoms with Crippen molar-refractivity contribution in [2.45, 2.75) is 19.0 Å². The number of carboxylic acid groups (broad SMARTS) is 1. The Morgan fingerprint density at radius 3 is 2.34 bits per heavy atom. The summed E-state index contributed by atoms with van der Waals surface area (Å²) >= 11 is 0. The molecule has 32 heavy (non-hydrogen) atoms. The second-order valence-electron chi connectivity index (χ2n) is 7.57. The van der Waals surface area contributed by atoms with Gasteiger partial charge in [0, 0.05) is 16.5 Å². The molecule has 0 saturated carbocycles. The van der Waals surface area contributed by atoms with Gasteiger partial charge in [0.15, 0.2) is 0 Å². The van der Waals surface area contributed by atoms with Gasteiger partial charge in [0.25, 0.3) is 0 Å². The minimum absolute atomic E-state index is 0. The van der Waals surface area contributed by atoms with E-state index in [0.717, 1.165) is 34.4 Å². The van der Waals surface area contributed by atoms with Crippen molar-refractivity contribution >= 4 is 16.9 Å². The van der Waals surface area contributed by atoms with Crippen LogP contribution in [-0.4, -0.2) is 11.0 Å². The number of carbonyl (C=O) groups excluding carboxylic acids is 1. The molecule has 1 heterocycles. The summed E-state index contributed by atoms with van der Waals surface area (Å²) in [4.78, 5) is 16.5. The third-order valence-electron chi connectivity index (χ3n) is 5.73. The van der Waals surface area contributed by atoms with E-state index in [4.69, 9.17) is 0 Å². The van der Waals surface area contributed by atoms with Gasteiger partial charge in [0.1, 0.15) is 0 Å². The number of aromatic nitrogens is 1. The molecule has 1 aliphatic rings. The summed E-state index contributed by atoms with van der Waals surface area (Å²) in [5.74, 6) is -1.49. The van der Waals surface area contributed by atoms with Gasteiger partial charge in [-0.2, -0.15) is 13.2 Å². The van der Waals surface area contributed by atoms with Gasteiger partial charge in [-0.3, -0.25) is 0 Å². The summed E-state index contributed by atoms with van der Waals surface area (Å²) in [6, 6.07) is 18.8. The Morgan fingerprint density at radius 2 is 1.66 bits per heavy atom. The summed E-state index contributed by atoms with van der Waals surface area (Å²) in [5.41, 5.74) is 3.93. The van der Waals surface area contributed by atoms with E-state index in [1.165, 1.54) is 6.07 Å². The van der Waals surface area contributed by atoms with Gasteiger partial charge in [-0.1, -0.05) is 48.5 Å². The monoisotopic (exact) mass is 441 g/mol. The van der Waals surface area contributed by atoms with E-state index in [-0.39, 0.29) is 46.0 Å². The largest absolute Gasteiger partial charge is 1.00 e. The smallest absolute Gasteiger partial charge is 0.545 e. The van der Waals surface area contributed by atoms with Crippen LogP contribution in [0.15, 0.2) is 66.7 Å². The summed E-state index contributed by atoms with van der Waals surface area (Å²) in [6.45, 7) is 0. The Labute approximate surface area is 204 Å². The number of benzene rings is 3. The first kappa shape index (κ1) is 22.5. The number of pyridine rings is 1. The minimum atomic E-state index is -4.58. The predicted molar refractivity (Wildman–Crippen MR) is 109 cm³/mol. The minimum Gasteiger partial charge on any atom is -0.545 e. The average Bonchev–Trinajstić information content (AvgIpc) is 2.76. The molecule has 4 aromatic rings. The van der Waals surface area contributed by atoms with Crippen LogP contribution in [0.1, 0.15) is 27.0 Å². The molecule has 3 aromatic carbocycles. The average molecular weight is 441 g/mol. The number of halogens is 3. The van der Waals surface area contributed by atoms with E-state index >= 15 is 0 Å². The van der Waals surface area contributed by atoms with Crippen molar-refractivity contribution < 1.29 is 52.6 Å². The number of aromatic carboxylic acids is 1. The first-order valence-electron chi connectivity index (χ1n) is 9.77. The maximum atomic E-state index is 13.2. The number of aryl methyl sites for hydroxylation is 1. The second-order valence-corrected chi connectivity index (χ2v) is 7.57. The zero-order chi connectivity index (χ0) is 21.8. The number of rotatable bonds is 2. The van der Waals surface area contributed by atoms with Gasteiger partial charge in [-0.15, -0.1) is 0 Å². The van der Waals surface area contributed by atoms with Crippen LogP contribution >= 0.6 is 0 Å². The number of alkyl halides is 3. The molecule has 0 N–H and O–H groups in total. The van der Waals surface area contributed by atoms with Crippen LogP contribution in [0, 0.1) is 0 Å². The van der Waals surface area contributed by atoms with Crippen LogP contribution in [0.25, 0.3) is 33.3 Å². The molecule has 154 valence electrons. The molecule has 0 unspecified atom stereocenters. The van der Waals surface area contributed by atoms with Crippen LogP contribution in [-0.2, 0) is 19.0 Å². The number of fused-ring (bicyclic) bond motifs is 4. The fraction of sp³-hybridized carbons (Fsp3) is 0.120. The zero-order valence-corrected chi connectivity index (χ0v) is 19.2. The maximum Gasteiger partial charge on any atom is 1.00 e. The Bertz CT molecular complexity index is 1350. The molecular weight excluding hydrogens is 426 g/mol. The molecule has 7 heteroatoms.